The molecule has 0 fully saturated rings. The molecule has 0 amide bonds. The van der Waals surface area contributed by atoms with Crippen molar-refractivity contribution in [1.29, 1.82) is 0 Å². The zero-order chi connectivity index (χ0) is 15.5. The van der Waals surface area contributed by atoms with Crippen LogP contribution in [0.3, 0.4) is 0 Å². The van der Waals surface area contributed by atoms with Crippen LogP contribution >= 0.6 is 0 Å². The van der Waals surface area contributed by atoms with E-state index >= 15 is 0 Å². The first-order valence-electron chi connectivity index (χ1n) is 6.75. The van der Waals surface area contributed by atoms with Crippen LogP contribution in [-0.2, 0) is 16.8 Å². The lowest BCUT2D eigenvalue weighted by molar-refractivity contribution is 0.297. The Morgan fingerprint density at radius 2 is 1.75 bits per heavy atom. The van der Waals surface area contributed by atoms with Crippen LogP contribution in [0.1, 0.15) is 33.3 Å². The molecule has 0 aliphatic heterocycles. The van der Waals surface area contributed by atoms with E-state index in [-0.39, 0.29) is 12.1 Å². The molecule has 0 spiro atoms. The molecular weight excluding hydrogens is 274 g/mol. The van der Waals surface area contributed by atoms with Gasteiger partial charge in [0.25, 0.3) is 10.2 Å². The average molecular weight is 299 g/mol. The minimum absolute atomic E-state index is 0.0814. The van der Waals surface area contributed by atoms with Gasteiger partial charge in [-0.25, -0.2) is 0 Å². The number of rotatable bonds is 6. The van der Waals surface area contributed by atoms with Gasteiger partial charge in [0.1, 0.15) is 0 Å². The topological polar surface area (TPSA) is 66.6 Å². The maximum Gasteiger partial charge on any atom is 0.282 e. The van der Waals surface area contributed by atoms with Gasteiger partial charge in [-0.15, -0.1) is 0 Å². The highest BCUT2D eigenvalue weighted by molar-refractivity contribution is 7.86. The second-order valence-corrected chi connectivity index (χ2v) is 7.44. The molecule has 0 heterocycles. The molecule has 0 unspecified atom stereocenters. The molecule has 0 bridgehead atoms. The minimum Gasteiger partial charge on any atom is -0.399 e. The van der Waals surface area contributed by atoms with Gasteiger partial charge in [0, 0.05) is 31.4 Å². The molecule has 0 aromatic heterocycles. The van der Waals surface area contributed by atoms with E-state index in [0.717, 1.165) is 5.56 Å². The summed E-state index contributed by atoms with van der Waals surface area (Å²) >= 11 is 0. The summed E-state index contributed by atoms with van der Waals surface area (Å²) in [4.78, 5) is 0. The molecule has 20 heavy (non-hydrogen) atoms. The zero-order valence-corrected chi connectivity index (χ0v) is 13.7. The van der Waals surface area contributed by atoms with Gasteiger partial charge < -0.3 is 5.73 Å². The maximum absolute atomic E-state index is 12.6. The summed E-state index contributed by atoms with van der Waals surface area (Å²) in [5.41, 5.74) is 7.28. The van der Waals surface area contributed by atoms with Crippen LogP contribution in [0.25, 0.3) is 0 Å². The molecular formula is C14H25N3O2S. The van der Waals surface area contributed by atoms with Gasteiger partial charge in [0.15, 0.2) is 0 Å². The van der Waals surface area contributed by atoms with Crippen molar-refractivity contribution in [3.05, 3.63) is 29.8 Å². The van der Waals surface area contributed by atoms with E-state index in [1.807, 2.05) is 39.8 Å². The van der Waals surface area contributed by atoms with Crippen LogP contribution in [0.4, 0.5) is 5.69 Å². The van der Waals surface area contributed by atoms with Crippen molar-refractivity contribution in [3.8, 4) is 0 Å². The van der Waals surface area contributed by atoms with E-state index in [4.69, 9.17) is 5.73 Å². The Hall–Kier alpha value is -1.11. The molecule has 0 aliphatic carbocycles. The predicted molar refractivity (Wildman–Crippen MR) is 83.4 cm³/mol. The molecule has 2 N–H and O–H groups in total. The van der Waals surface area contributed by atoms with Crippen molar-refractivity contribution in [3.63, 3.8) is 0 Å². The van der Waals surface area contributed by atoms with Crippen LogP contribution in [0.2, 0.25) is 0 Å². The van der Waals surface area contributed by atoms with Crippen molar-refractivity contribution in [2.24, 2.45) is 0 Å². The van der Waals surface area contributed by atoms with Gasteiger partial charge in [-0.2, -0.15) is 17.0 Å². The number of nitrogen functional groups attached to an aromatic ring is 1. The van der Waals surface area contributed by atoms with Gasteiger partial charge in [-0.1, -0.05) is 12.1 Å². The highest BCUT2D eigenvalue weighted by Crippen LogP contribution is 2.18. The Balaban J connectivity index is 3.07. The fraction of sp³-hybridized carbons (Fsp3) is 0.571. The van der Waals surface area contributed by atoms with Gasteiger partial charge in [-0.05, 0) is 45.4 Å². The Kier molecular flexibility index (Phi) is 5.56. The molecule has 5 nitrogen and oxygen atoms in total. The summed E-state index contributed by atoms with van der Waals surface area (Å²) in [6, 6.07) is 7.11. The third kappa shape index (κ3) is 3.94. The first-order chi connectivity index (χ1) is 9.16. The molecule has 0 saturated heterocycles. The molecule has 0 aliphatic rings. The Morgan fingerprint density at radius 3 is 2.20 bits per heavy atom. The number of nitrogens with zero attached hydrogens (tertiary/aromatic N) is 2. The van der Waals surface area contributed by atoms with Gasteiger partial charge in [0.2, 0.25) is 0 Å². The third-order valence-corrected chi connectivity index (χ3v) is 5.55. The average Bonchev–Trinajstić information content (AvgIpc) is 2.34. The highest BCUT2D eigenvalue weighted by Gasteiger charge is 2.30. The minimum atomic E-state index is -3.48. The Bertz CT molecular complexity index is 541. The zero-order valence-electron chi connectivity index (χ0n) is 12.9. The highest BCUT2D eigenvalue weighted by atomic mass is 32.2. The predicted octanol–water partition coefficient (Wildman–Crippen LogP) is 2.06. The number of anilines is 1. The smallest absolute Gasteiger partial charge is 0.282 e. The number of hydrogen-bond acceptors (Lipinski definition) is 3. The standard InChI is InChI=1S/C14H25N3O2S/c1-11(2)16(5)20(18,19)17(12(3)4)10-13-7-6-8-14(15)9-13/h6-9,11-12H,10,15H2,1-5H3. The van der Waals surface area contributed by atoms with E-state index in [0.29, 0.717) is 12.2 Å². The lowest BCUT2D eigenvalue weighted by Gasteiger charge is -2.32. The first-order valence-corrected chi connectivity index (χ1v) is 8.15. The summed E-state index contributed by atoms with van der Waals surface area (Å²) in [5, 5.41) is 0. The van der Waals surface area contributed by atoms with E-state index in [1.165, 1.54) is 8.61 Å². The van der Waals surface area contributed by atoms with Crippen LogP contribution in [0.5, 0.6) is 0 Å². The fourth-order valence-corrected chi connectivity index (χ4v) is 3.54. The number of nitrogens with two attached hydrogens (primary N) is 1. The summed E-state index contributed by atoms with van der Waals surface area (Å²) in [6.45, 7) is 7.78. The van der Waals surface area contributed by atoms with E-state index in [2.05, 4.69) is 0 Å². The molecule has 1 aromatic rings. The lowest BCUT2D eigenvalue weighted by atomic mass is 10.2. The largest absolute Gasteiger partial charge is 0.399 e. The summed E-state index contributed by atoms with van der Waals surface area (Å²) < 4.78 is 28.1. The quantitative estimate of drug-likeness (QED) is 0.818. The number of hydrogen-bond donors (Lipinski definition) is 1. The van der Waals surface area contributed by atoms with Crippen molar-refractivity contribution >= 4 is 15.9 Å². The van der Waals surface area contributed by atoms with Gasteiger partial charge >= 0.3 is 0 Å². The molecule has 114 valence electrons. The molecule has 6 heteroatoms. The van der Waals surface area contributed by atoms with Crippen LogP contribution in [-0.4, -0.2) is 36.2 Å². The monoisotopic (exact) mass is 299 g/mol. The van der Waals surface area contributed by atoms with E-state index < -0.39 is 10.2 Å². The third-order valence-electron chi connectivity index (χ3n) is 3.25. The van der Waals surface area contributed by atoms with Gasteiger partial charge in [-0.3, -0.25) is 0 Å². The van der Waals surface area contributed by atoms with E-state index in [9.17, 15) is 8.42 Å². The number of benzene rings is 1. The fourth-order valence-electron chi connectivity index (χ4n) is 1.83. The summed E-state index contributed by atoms with van der Waals surface area (Å²) in [6.07, 6.45) is 0. The van der Waals surface area contributed by atoms with Crippen LogP contribution in [0.15, 0.2) is 24.3 Å². The van der Waals surface area contributed by atoms with Crippen LogP contribution < -0.4 is 5.73 Å². The normalized spacial score (nSPS) is 12.8. The van der Waals surface area contributed by atoms with Gasteiger partial charge in [0.05, 0.1) is 0 Å². The second kappa shape index (κ2) is 6.56. The van der Waals surface area contributed by atoms with Crippen LogP contribution in [0, 0.1) is 0 Å². The maximum atomic E-state index is 12.6. The van der Waals surface area contributed by atoms with Crippen molar-refractivity contribution in [1.82, 2.24) is 8.61 Å². The molecule has 1 aromatic carbocycles. The van der Waals surface area contributed by atoms with Crippen molar-refractivity contribution < 1.29 is 8.42 Å². The Morgan fingerprint density at radius 1 is 1.15 bits per heavy atom. The second-order valence-electron chi connectivity index (χ2n) is 5.50. The summed E-state index contributed by atoms with van der Waals surface area (Å²) in [5.74, 6) is 0. The first kappa shape index (κ1) is 16.9. The Labute approximate surface area is 122 Å². The van der Waals surface area contributed by atoms with Crippen molar-refractivity contribution in [2.75, 3.05) is 12.8 Å². The molecule has 0 radical (unpaired) electrons. The van der Waals surface area contributed by atoms with Crippen molar-refractivity contribution in [2.45, 2.75) is 46.3 Å². The molecule has 0 atom stereocenters. The van der Waals surface area contributed by atoms with E-state index in [1.54, 1.807) is 19.2 Å². The molecule has 1 rings (SSSR count). The SMILES string of the molecule is CC(C)N(C)S(=O)(=O)N(Cc1cccc(N)c1)C(C)C. The summed E-state index contributed by atoms with van der Waals surface area (Å²) in [7, 11) is -1.88. The lowest BCUT2D eigenvalue weighted by Crippen LogP contribution is -2.47. The molecule has 0 saturated carbocycles.